The van der Waals surface area contributed by atoms with Crippen LogP contribution in [0.1, 0.15) is 6.92 Å². The molecule has 2 nitrogen and oxygen atoms in total. The summed E-state index contributed by atoms with van der Waals surface area (Å²) in [7, 11) is 0. The van der Waals surface area contributed by atoms with E-state index in [4.69, 9.17) is 0 Å². The van der Waals surface area contributed by atoms with Crippen molar-refractivity contribution in [3.05, 3.63) is 37.1 Å². The van der Waals surface area contributed by atoms with E-state index in [0.29, 0.717) is 0 Å². The van der Waals surface area contributed by atoms with Crippen LogP contribution in [0.3, 0.4) is 0 Å². The van der Waals surface area contributed by atoms with Gasteiger partial charge in [0.1, 0.15) is 0 Å². The molecule has 78 valence electrons. The summed E-state index contributed by atoms with van der Waals surface area (Å²) in [5.74, 6) is 0. The summed E-state index contributed by atoms with van der Waals surface area (Å²) in [6, 6.07) is 0. The number of rotatable bonds is 4. The maximum atomic E-state index is 4.04. The summed E-state index contributed by atoms with van der Waals surface area (Å²) < 4.78 is 0. The van der Waals surface area contributed by atoms with Crippen LogP contribution >= 0.6 is 0 Å². The molecule has 1 fully saturated rings. The average molecular weight is 192 g/mol. The normalized spacial score (nSPS) is 18.8. The zero-order chi connectivity index (χ0) is 10.4. The molecule has 0 bridgehead atoms. The largest absolute Gasteiger partial charge is 0.369 e. The molecule has 0 aromatic carbocycles. The number of likely N-dealkylation sites (N-methyl/N-ethyl adjacent to an activating group) is 1. The lowest BCUT2D eigenvalue weighted by atomic mass is 10.2. The Morgan fingerprint density at radius 3 is 2.43 bits per heavy atom. The highest BCUT2D eigenvalue weighted by atomic mass is 15.3. The monoisotopic (exact) mass is 192 g/mol. The zero-order valence-corrected chi connectivity index (χ0v) is 9.08. The standard InChI is InChI=1S/C12H20N2/c1-4-6-7-12(3)14-10-8-13(5-2)9-11-14/h4,6-7H,1,3,5,8-11H2,2H3/b7-6-. The van der Waals surface area contributed by atoms with Gasteiger partial charge < -0.3 is 9.80 Å². The average Bonchev–Trinajstić information content (AvgIpc) is 2.26. The fourth-order valence-corrected chi connectivity index (χ4v) is 1.64. The SMILES string of the molecule is C=C/C=C\C(=C)N1CCN(CC)CC1. The summed E-state index contributed by atoms with van der Waals surface area (Å²) in [5, 5.41) is 0. The molecule has 2 heteroatoms. The Morgan fingerprint density at radius 1 is 1.29 bits per heavy atom. The third-order valence-corrected chi connectivity index (χ3v) is 2.65. The lowest BCUT2D eigenvalue weighted by Crippen LogP contribution is -2.45. The van der Waals surface area contributed by atoms with E-state index >= 15 is 0 Å². The Bertz CT molecular complexity index is 222. The Hall–Kier alpha value is -1.02. The van der Waals surface area contributed by atoms with E-state index in [1.165, 1.54) is 0 Å². The predicted molar refractivity (Wildman–Crippen MR) is 62.2 cm³/mol. The van der Waals surface area contributed by atoms with Crippen LogP contribution in [0.15, 0.2) is 37.1 Å². The first-order valence-corrected chi connectivity index (χ1v) is 5.23. The topological polar surface area (TPSA) is 6.48 Å². The number of nitrogens with zero attached hydrogens (tertiary/aromatic N) is 2. The molecule has 14 heavy (non-hydrogen) atoms. The summed E-state index contributed by atoms with van der Waals surface area (Å²) in [6.45, 7) is 15.5. The smallest absolute Gasteiger partial charge is 0.0306 e. The zero-order valence-electron chi connectivity index (χ0n) is 9.08. The van der Waals surface area contributed by atoms with Crippen LogP contribution in [0, 0.1) is 0 Å². The maximum Gasteiger partial charge on any atom is 0.0306 e. The second kappa shape index (κ2) is 5.66. The number of hydrogen-bond acceptors (Lipinski definition) is 2. The van der Waals surface area contributed by atoms with Crippen molar-refractivity contribution < 1.29 is 0 Å². The Morgan fingerprint density at radius 2 is 1.93 bits per heavy atom. The molecule has 1 heterocycles. The van der Waals surface area contributed by atoms with Gasteiger partial charge in [0.25, 0.3) is 0 Å². The van der Waals surface area contributed by atoms with Gasteiger partial charge in [0, 0.05) is 31.9 Å². The third kappa shape index (κ3) is 3.04. The molecule has 0 aromatic rings. The van der Waals surface area contributed by atoms with Crippen molar-refractivity contribution in [3.63, 3.8) is 0 Å². The molecule has 0 spiro atoms. The molecule has 1 aliphatic rings. The van der Waals surface area contributed by atoms with Gasteiger partial charge in [0.2, 0.25) is 0 Å². The first kappa shape index (κ1) is 11.1. The first-order chi connectivity index (χ1) is 6.77. The fourth-order valence-electron chi connectivity index (χ4n) is 1.64. The van der Waals surface area contributed by atoms with E-state index in [1.807, 2.05) is 12.2 Å². The highest BCUT2D eigenvalue weighted by Gasteiger charge is 2.14. The Balaban J connectivity index is 2.37. The van der Waals surface area contributed by atoms with Crippen molar-refractivity contribution >= 4 is 0 Å². The molecule has 1 saturated heterocycles. The number of piperazine rings is 1. The van der Waals surface area contributed by atoms with Crippen LogP contribution in [0.4, 0.5) is 0 Å². The van der Waals surface area contributed by atoms with Gasteiger partial charge in [-0.15, -0.1) is 0 Å². The minimum absolute atomic E-state index is 1.09. The van der Waals surface area contributed by atoms with Gasteiger partial charge in [-0.05, 0) is 12.6 Å². The van der Waals surface area contributed by atoms with E-state index in [-0.39, 0.29) is 0 Å². The highest BCUT2D eigenvalue weighted by molar-refractivity contribution is 5.17. The fraction of sp³-hybridized carbons (Fsp3) is 0.500. The lowest BCUT2D eigenvalue weighted by molar-refractivity contribution is 0.169. The lowest BCUT2D eigenvalue weighted by Gasteiger charge is -2.35. The molecule has 0 atom stereocenters. The summed E-state index contributed by atoms with van der Waals surface area (Å²) in [4.78, 5) is 4.78. The van der Waals surface area contributed by atoms with Crippen molar-refractivity contribution in [2.45, 2.75) is 6.92 Å². The van der Waals surface area contributed by atoms with Gasteiger partial charge in [-0.3, -0.25) is 0 Å². The number of allylic oxidation sites excluding steroid dienone is 3. The van der Waals surface area contributed by atoms with Gasteiger partial charge in [-0.2, -0.15) is 0 Å². The van der Waals surface area contributed by atoms with Crippen molar-refractivity contribution in [1.82, 2.24) is 9.80 Å². The van der Waals surface area contributed by atoms with Gasteiger partial charge in [-0.1, -0.05) is 32.2 Å². The van der Waals surface area contributed by atoms with E-state index in [2.05, 4.69) is 29.9 Å². The van der Waals surface area contributed by atoms with Crippen LogP contribution in [-0.4, -0.2) is 42.5 Å². The molecule has 1 rings (SSSR count). The van der Waals surface area contributed by atoms with Crippen LogP contribution in [0.2, 0.25) is 0 Å². The van der Waals surface area contributed by atoms with Gasteiger partial charge >= 0.3 is 0 Å². The Labute approximate surface area is 87.2 Å². The third-order valence-electron chi connectivity index (χ3n) is 2.65. The summed E-state index contributed by atoms with van der Waals surface area (Å²) >= 11 is 0. The Kier molecular flexibility index (Phi) is 4.47. The van der Waals surface area contributed by atoms with Crippen molar-refractivity contribution in [2.75, 3.05) is 32.7 Å². The highest BCUT2D eigenvalue weighted by Crippen LogP contribution is 2.08. The van der Waals surface area contributed by atoms with Crippen molar-refractivity contribution in [1.29, 1.82) is 0 Å². The van der Waals surface area contributed by atoms with Crippen molar-refractivity contribution in [3.8, 4) is 0 Å². The molecule has 0 amide bonds. The van der Waals surface area contributed by atoms with E-state index < -0.39 is 0 Å². The van der Waals surface area contributed by atoms with Gasteiger partial charge in [-0.25, -0.2) is 0 Å². The van der Waals surface area contributed by atoms with Gasteiger partial charge in [0.15, 0.2) is 0 Å². The molecule has 0 radical (unpaired) electrons. The minimum Gasteiger partial charge on any atom is -0.369 e. The molecule has 0 N–H and O–H groups in total. The predicted octanol–water partition coefficient (Wildman–Crippen LogP) is 1.88. The maximum absolute atomic E-state index is 4.04. The molecular weight excluding hydrogens is 172 g/mol. The minimum atomic E-state index is 1.09. The molecule has 1 aliphatic heterocycles. The van der Waals surface area contributed by atoms with Crippen LogP contribution < -0.4 is 0 Å². The first-order valence-electron chi connectivity index (χ1n) is 5.23. The molecular formula is C12H20N2. The van der Waals surface area contributed by atoms with E-state index in [1.54, 1.807) is 6.08 Å². The summed E-state index contributed by atoms with van der Waals surface area (Å²) in [5.41, 5.74) is 1.10. The van der Waals surface area contributed by atoms with Crippen LogP contribution in [-0.2, 0) is 0 Å². The van der Waals surface area contributed by atoms with Crippen LogP contribution in [0.5, 0.6) is 0 Å². The quantitative estimate of drug-likeness (QED) is 0.628. The molecule has 0 aromatic heterocycles. The van der Waals surface area contributed by atoms with E-state index in [0.717, 1.165) is 38.4 Å². The van der Waals surface area contributed by atoms with E-state index in [9.17, 15) is 0 Å². The van der Waals surface area contributed by atoms with Crippen molar-refractivity contribution in [2.24, 2.45) is 0 Å². The van der Waals surface area contributed by atoms with Crippen LogP contribution in [0.25, 0.3) is 0 Å². The molecule has 0 unspecified atom stereocenters. The second-order valence-corrected chi connectivity index (χ2v) is 3.51. The van der Waals surface area contributed by atoms with Gasteiger partial charge in [0.05, 0.1) is 0 Å². The summed E-state index contributed by atoms with van der Waals surface area (Å²) in [6.07, 6.45) is 5.75. The number of hydrogen-bond donors (Lipinski definition) is 0. The second-order valence-electron chi connectivity index (χ2n) is 3.51. The molecule has 0 saturated carbocycles. The molecule has 0 aliphatic carbocycles.